The number of rotatable bonds is 6. The Labute approximate surface area is 156 Å². The number of methoxy groups -OCH3 is 1. The number of aromatic nitrogens is 1. The number of ether oxygens (including phenoxy) is 1. The van der Waals surface area contributed by atoms with Crippen molar-refractivity contribution in [3.8, 4) is 11.8 Å². The fraction of sp³-hybridized carbons (Fsp3) is 0.100. The minimum Gasteiger partial charge on any atom is -0.497 e. The third-order valence-electron chi connectivity index (χ3n) is 3.62. The smallest absolute Gasteiger partial charge is 0.135 e. The van der Waals surface area contributed by atoms with E-state index in [-0.39, 0.29) is 0 Å². The van der Waals surface area contributed by atoms with Gasteiger partial charge in [-0.1, -0.05) is 0 Å². The van der Waals surface area contributed by atoms with Crippen LogP contribution in [0.5, 0.6) is 5.75 Å². The van der Waals surface area contributed by atoms with Crippen LogP contribution in [0.3, 0.4) is 0 Å². The molecule has 2 N–H and O–H groups in total. The predicted molar refractivity (Wildman–Crippen MR) is 107 cm³/mol. The Hall–Kier alpha value is -3.30. The topological polar surface area (TPSA) is 70.0 Å². The maximum atomic E-state index is 9.30. The molecule has 1 aromatic heterocycles. The zero-order valence-electron chi connectivity index (χ0n) is 14.5. The van der Waals surface area contributed by atoms with Gasteiger partial charge in [0.1, 0.15) is 22.4 Å². The molecule has 0 bridgehead atoms. The first-order valence-electron chi connectivity index (χ1n) is 7.98. The second-order valence-corrected chi connectivity index (χ2v) is 6.40. The third kappa shape index (κ3) is 4.41. The van der Waals surface area contributed by atoms with Gasteiger partial charge in [-0.2, -0.15) is 5.26 Å². The van der Waals surface area contributed by atoms with Gasteiger partial charge >= 0.3 is 0 Å². The largest absolute Gasteiger partial charge is 0.497 e. The van der Waals surface area contributed by atoms with Gasteiger partial charge in [0.15, 0.2) is 0 Å². The van der Waals surface area contributed by atoms with Gasteiger partial charge in [0.05, 0.1) is 7.11 Å². The molecule has 0 saturated carbocycles. The molecule has 0 aliphatic rings. The maximum Gasteiger partial charge on any atom is 0.135 e. The van der Waals surface area contributed by atoms with Gasteiger partial charge in [0.2, 0.25) is 0 Å². The normalized spacial score (nSPS) is 10.9. The van der Waals surface area contributed by atoms with Crippen LogP contribution in [0.25, 0.3) is 5.57 Å². The van der Waals surface area contributed by atoms with Crippen molar-refractivity contribution in [1.29, 1.82) is 5.26 Å². The highest BCUT2D eigenvalue weighted by Crippen LogP contribution is 2.22. The molecular weight excluding hydrogens is 344 g/mol. The van der Waals surface area contributed by atoms with Crippen LogP contribution >= 0.6 is 11.3 Å². The lowest BCUT2D eigenvalue weighted by atomic mass is 10.2. The monoisotopic (exact) mass is 362 g/mol. The quantitative estimate of drug-likeness (QED) is 0.591. The van der Waals surface area contributed by atoms with Crippen molar-refractivity contribution >= 4 is 34.0 Å². The molecule has 1 heterocycles. The lowest BCUT2D eigenvalue weighted by molar-refractivity contribution is 0.415. The first-order chi connectivity index (χ1) is 12.7. The fourth-order valence-electron chi connectivity index (χ4n) is 2.27. The Kier molecular flexibility index (Phi) is 5.52. The van der Waals surface area contributed by atoms with E-state index in [9.17, 15) is 5.26 Å². The van der Waals surface area contributed by atoms with Crippen molar-refractivity contribution in [2.24, 2.45) is 0 Å². The van der Waals surface area contributed by atoms with Crippen molar-refractivity contribution in [3.05, 3.63) is 70.8 Å². The first kappa shape index (κ1) is 17.5. The molecule has 0 saturated heterocycles. The van der Waals surface area contributed by atoms with Crippen LogP contribution in [0.1, 0.15) is 10.7 Å². The molecule has 0 radical (unpaired) electrons. The van der Waals surface area contributed by atoms with Crippen LogP contribution < -0.4 is 15.4 Å². The van der Waals surface area contributed by atoms with Crippen molar-refractivity contribution in [1.82, 2.24) is 4.98 Å². The van der Waals surface area contributed by atoms with E-state index in [0.717, 1.165) is 33.5 Å². The number of thiazole rings is 1. The molecule has 5 nitrogen and oxygen atoms in total. The van der Waals surface area contributed by atoms with E-state index < -0.39 is 0 Å². The molecule has 3 aromatic rings. The maximum absolute atomic E-state index is 9.30. The first-order valence-corrected chi connectivity index (χ1v) is 8.86. The summed E-state index contributed by atoms with van der Waals surface area (Å²) in [6.07, 6.45) is 1.68. The summed E-state index contributed by atoms with van der Waals surface area (Å²) in [5.74, 6) is 0.825. The molecule has 0 spiro atoms. The highest BCUT2D eigenvalue weighted by atomic mass is 32.1. The Bertz CT molecular complexity index is 937. The number of benzene rings is 2. The molecular formula is C20H18N4OS. The number of nitrogens with one attached hydrogen (secondary N) is 2. The van der Waals surface area contributed by atoms with Crippen LogP contribution in [-0.2, 0) is 0 Å². The summed E-state index contributed by atoms with van der Waals surface area (Å²) in [6, 6.07) is 17.8. The molecule has 0 aliphatic carbocycles. The second-order valence-electron chi connectivity index (χ2n) is 5.54. The molecule has 2 aromatic carbocycles. The molecule has 3 rings (SSSR count). The molecule has 130 valence electrons. The Morgan fingerprint density at radius 2 is 1.69 bits per heavy atom. The van der Waals surface area contributed by atoms with E-state index in [4.69, 9.17) is 4.74 Å². The lowest BCUT2D eigenvalue weighted by Crippen LogP contribution is -1.93. The molecule has 0 atom stereocenters. The molecule has 0 amide bonds. The van der Waals surface area contributed by atoms with Gasteiger partial charge in [-0.3, -0.25) is 0 Å². The standard InChI is InChI=1S/C20H18N4OS/c1-14-13-26-20(23-14)15(11-21)12-22-16-3-5-17(6-4-16)24-18-7-9-19(25-2)10-8-18/h3-10,12-13,22,24H,1-2H3/b15-12+. The predicted octanol–water partition coefficient (Wildman–Crippen LogP) is 5.18. The number of nitrogens with zero attached hydrogens (tertiary/aromatic N) is 2. The second kappa shape index (κ2) is 8.19. The summed E-state index contributed by atoms with van der Waals surface area (Å²) >= 11 is 1.46. The van der Waals surface area contributed by atoms with Crippen molar-refractivity contribution in [2.45, 2.75) is 6.92 Å². The number of hydrogen-bond acceptors (Lipinski definition) is 6. The average Bonchev–Trinajstić information content (AvgIpc) is 3.10. The van der Waals surface area contributed by atoms with E-state index in [0.29, 0.717) is 5.57 Å². The molecule has 0 fully saturated rings. The zero-order chi connectivity index (χ0) is 18.4. The van der Waals surface area contributed by atoms with Gasteiger partial charge < -0.3 is 15.4 Å². The van der Waals surface area contributed by atoms with Gasteiger partial charge in [-0.15, -0.1) is 11.3 Å². The molecule has 0 unspecified atom stereocenters. The number of anilines is 3. The summed E-state index contributed by atoms with van der Waals surface area (Å²) < 4.78 is 5.16. The molecule has 26 heavy (non-hydrogen) atoms. The van der Waals surface area contributed by atoms with Gasteiger partial charge in [-0.05, 0) is 55.5 Å². The average molecular weight is 362 g/mol. The van der Waals surface area contributed by atoms with E-state index in [1.807, 2.05) is 60.8 Å². The van der Waals surface area contributed by atoms with Crippen molar-refractivity contribution in [2.75, 3.05) is 17.7 Å². The van der Waals surface area contributed by atoms with Crippen molar-refractivity contribution in [3.63, 3.8) is 0 Å². The Morgan fingerprint density at radius 1 is 1.08 bits per heavy atom. The summed E-state index contributed by atoms with van der Waals surface area (Å²) in [5.41, 5.74) is 4.29. The fourth-order valence-corrected chi connectivity index (χ4v) is 3.03. The van der Waals surface area contributed by atoms with Crippen molar-refractivity contribution < 1.29 is 4.74 Å². The SMILES string of the molecule is COc1ccc(Nc2ccc(N/C=C(\C#N)c3nc(C)cs3)cc2)cc1. The van der Waals surface area contributed by atoms with Crippen LogP contribution in [0.4, 0.5) is 17.1 Å². The number of allylic oxidation sites excluding steroid dienone is 1. The summed E-state index contributed by atoms with van der Waals surface area (Å²) in [7, 11) is 1.65. The van der Waals surface area contributed by atoms with E-state index in [1.54, 1.807) is 13.3 Å². The van der Waals surface area contributed by atoms with Gasteiger partial charge in [0, 0.05) is 34.3 Å². The highest BCUT2D eigenvalue weighted by Gasteiger charge is 2.05. The highest BCUT2D eigenvalue weighted by molar-refractivity contribution is 7.10. The zero-order valence-corrected chi connectivity index (χ0v) is 15.3. The summed E-state index contributed by atoms with van der Waals surface area (Å²) in [4.78, 5) is 4.34. The Balaban J connectivity index is 1.65. The van der Waals surface area contributed by atoms with Gasteiger partial charge in [-0.25, -0.2) is 4.98 Å². The number of aryl methyl sites for hydroxylation is 1. The number of nitriles is 1. The van der Waals surface area contributed by atoms with E-state index in [2.05, 4.69) is 21.7 Å². The van der Waals surface area contributed by atoms with Gasteiger partial charge in [0.25, 0.3) is 0 Å². The third-order valence-corrected chi connectivity index (χ3v) is 4.61. The minimum atomic E-state index is 0.517. The summed E-state index contributed by atoms with van der Waals surface area (Å²) in [5, 5.41) is 18.4. The summed E-state index contributed by atoms with van der Waals surface area (Å²) in [6.45, 7) is 1.91. The number of hydrogen-bond donors (Lipinski definition) is 2. The van der Waals surface area contributed by atoms with E-state index >= 15 is 0 Å². The van der Waals surface area contributed by atoms with E-state index in [1.165, 1.54) is 11.3 Å². The van der Waals surface area contributed by atoms with Crippen LogP contribution in [-0.4, -0.2) is 12.1 Å². The van der Waals surface area contributed by atoms with Crippen LogP contribution in [0, 0.1) is 18.3 Å². The van der Waals surface area contributed by atoms with Crippen LogP contribution in [0.15, 0.2) is 60.1 Å². The van der Waals surface area contributed by atoms with Crippen LogP contribution in [0.2, 0.25) is 0 Å². The molecule has 0 aliphatic heterocycles. The lowest BCUT2D eigenvalue weighted by Gasteiger charge is -2.08. The molecule has 6 heteroatoms. The Morgan fingerprint density at radius 3 is 2.23 bits per heavy atom. The minimum absolute atomic E-state index is 0.517.